The van der Waals surface area contributed by atoms with Gasteiger partial charge in [-0.3, -0.25) is 9.59 Å². The number of ketones is 1. The van der Waals surface area contributed by atoms with Crippen LogP contribution in [0, 0.1) is 11.3 Å². The van der Waals surface area contributed by atoms with Crippen molar-refractivity contribution in [2.75, 3.05) is 19.7 Å². The molecule has 0 aliphatic carbocycles. The summed E-state index contributed by atoms with van der Waals surface area (Å²) in [5, 5.41) is 0. The van der Waals surface area contributed by atoms with Crippen molar-refractivity contribution in [1.82, 2.24) is 4.90 Å². The van der Waals surface area contributed by atoms with Crippen LogP contribution in [0.25, 0.3) is 0 Å². The van der Waals surface area contributed by atoms with Gasteiger partial charge in [0.15, 0.2) is 0 Å². The first-order valence-corrected chi connectivity index (χ1v) is 8.61. The lowest BCUT2D eigenvalue weighted by molar-refractivity contribution is -0.140. The van der Waals surface area contributed by atoms with E-state index in [0.29, 0.717) is 30.7 Å². The van der Waals surface area contributed by atoms with Gasteiger partial charge >= 0.3 is 0 Å². The van der Waals surface area contributed by atoms with E-state index in [1.807, 2.05) is 18.7 Å². The molecule has 128 valence electrons. The fourth-order valence-corrected chi connectivity index (χ4v) is 2.78. The first-order chi connectivity index (χ1) is 10.2. The average molecular weight is 311 g/mol. The fourth-order valence-electron chi connectivity index (χ4n) is 2.78. The summed E-state index contributed by atoms with van der Waals surface area (Å²) >= 11 is 0. The van der Waals surface area contributed by atoms with E-state index in [2.05, 4.69) is 20.8 Å². The Kier molecular flexibility index (Phi) is 7.54. The molecule has 1 saturated heterocycles. The minimum absolute atomic E-state index is 0.0485. The van der Waals surface area contributed by atoms with Crippen molar-refractivity contribution in [3.8, 4) is 0 Å². The Morgan fingerprint density at radius 1 is 1.18 bits per heavy atom. The summed E-state index contributed by atoms with van der Waals surface area (Å²) < 4.78 is 5.36. The number of hydrogen-bond donors (Lipinski definition) is 0. The van der Waals surface area contributed by atoms with Gasteiger partial charge in [-0.15, -0.1) is 0 Å². The first kappa shape index (κ1) is 19.1. The summed E-state index contributed by atoms with van der Waals surface area (Å²) in [6.07, 6.45) is 4.44. The molecule has 0 bridgehead atoms. The van der Waals surface area contributed by atoms with E-state index in [4.69, 9.17) is 4.74 Å². The van der Waals surface area contributed by atoms with Crippen LogP contribution in [0.3, 0.4) is 0 Å². The van der Waals surface area contributed by atoms with Crippen molar-refractivity contribution in [1.29, 1.82) is 0 Å². The number of likely N-dealkylation sites (tertiary alicyclic amines) is 1. The highest BCUT2D eigenvalue weighted by molar-refractivity contribution is 5.82. The molecule has 0 N–H and O–H groups in total. The van der Waals surface area contributed by atoms with Crippen LogP contribution in [0.4, 0.5) is 0 Å². The molecule has 0 saturated carbocycles. The fraction of sp³-hybridized carbons (Fsp3) is 0.889. The quantitative estimate of drug-likeness (QED) is 0.723. The van der Waals surface area contributed by atoms with Gasteiger partial charge in [0.1, 0.15) is 12.4 Å². The van der Waals surface area contributed by atoms with Gasteiger partial charge in [-0.1, -0.05) is 20.8 Å². The van der Waals surface area contributed by atoms with Gasteiger partial charge in [0.2, 0.25) is 5.91 Å². The number of piperidine rings is 1. The van der Waals surface area contributed by atoms with Crippen LogP contribution in [-0.4, -0.2) is 42.4 Å². The molecule has 1 rings (SSSR count). The summed E-state index contributed by atoms with van der Waals surface area (Å²) in [7, 11) is 0. The second-order valence-electron chi connectivity index (χ2n) is 7.90. The maximum absolute atomic E-state index is 12.2. The van der Waals surface area contributed by atoms with E-state index in [1.54, 1.807) is 0 Å². The molecule has 1 aliphatic rings. The Morgan fingerprint density at radius 3 is 2.27 bits per heavy atom. The Morgan fingerprint density at radius 2 is 1.77 bits per heavy atom. The predicted molar refractivity (Wildman–Crippen MR) is 88.7 cm³/mol. The Balaban J connectivity index is 2.26. The highest BCUT2D eigenvalue weighted by Crippen LogP contribution is 2.24. The largest absolute Gasteiger partial charge is 0.369 e. The predicted octanol–water partition coefficient (Wildman–Crippen LogP) is 3.44. The van der Waals surface area contributed by atoms with Crippen molar-refractivity contribution in [2.45, 2.75) is 72.8 Å². The third-order valence-corrected chi connectivity index (χ3v) is 4.19. The maximum atomic E-state index is 12.2. The molecule has 1 heterocycles. The van der Waals surface area contributed by atoms with Crippen LogP contribution >= 0.6 is 0 Å². The van der Waals surface area contributed by atoms with Crippen molar-refractivity contribution < 1.29 is 14.3 Å². The van der Waals surface area contributed by atoms with Gasteiger partial charge in [-0.25, -0.2) is 0 Å². The van der Waals surface area contributed by atoms with E-state index in [9.17, 15) is 9.59 Å². The summed E-state index contributed by atoms with van der Waals surface area (Å²) in [5.41, 5.74) is 0.298. The molecule has 22 heavy (non-hydrogen) atoms. The number of nitrogens with zero attached hydrogens (tertiary/aromatic N) is 1. The van der Waals surface area contributed by atoms with Crippen LogP contribution in [0.2, 0.25) is 0 Å². The molecule has 0 aromatic carbocycles. The summed E-state index contributed by atoms with van der Waals surface area (Å²) in [6.45, 7) is 12.0. The minimum Gasteiger partial charge on any atom is -0.369 e. The highest BCUT2D eigenvalue weighted by Gasteiger charge is 2.27. The first-order valence-electron chi connectivity index (χ1n) is 8.61. The molecular formula is C18H33NO3. The Hall–Kier alpha value is -0.900. The minimum atomic E-state index is 0.0485. The summed E-state index contributed by atoms with van der Waals surface area (Å²) in [6, 6.07) is 0. The van der Waals surface area contributed by atoms with Gasteiger partial charge in [0, 0.05) is 25.4 Å². The zero-order valence-electron chi connectivity index (χ0n) is 15.0. The summed E-state index contributed by atoms with van der Waals surface area (Å²) in [5.74, 6) is 0.581. The lowest BCUT2D eigenvalue weighted by Gasteiger charge is -2.31. The lowest BCUT2D eigenvalue weighted by Crippen LogP contribution is -2.42. The molecule has 0 spiro atoms. The molecular weight excluding hydrogens is 278 g/mol. The van der Waals surface area contributed by atoms with Crippen LogP contribution in [0.1, 0.15) is 66.7 Å². The lowest BCUT2D eigenvalue weighted by atomic mass is 9.86. The molecule has 0 aromatic rings. The second kappa shape index (κ2) is 8.66. The van der Waals surface area contributed by atoms with Gasteiger partial charge in [-0.2, -0.15) is 0 Å². The number of amides is 1. The SMILES string of the molecule is CC(C)OCC(=O)N1CCC(C(=O)CCCC(C)(C)C)CC1. The molecule has 0 radical (unpaired) electrons. The van der Waals surface area contributed by atoms with Gasteiger partial charge < -0.3 is 9.64 Å². The number of Topliss-reactive ketones (excluding diaryl/α,β-unsaturated/α-hetero) is 1. The van der Waals surface area contributed by atoms with E-state index in [0.717, 1.165) is 25.7 Å². The molecule has 4 nitrogen and oxygen atoms in total. The van der Waals surface area contributed by atoms with Gasteiger partial charge in [-0.05, 0) is 44.9 Å². The molecule has 0 aromatic heterocycles. The van der Waals surface area contributed by atoms with Crippen LogP contribution in [0.5, 0.6) is 0 Å². The zero-order valence-corrected chi connectivity index (χ0v) is 15.0. The standard InChI is InChI=1S/C18H33NO3/c1-14(2)22-13-17(21)19-11-8-15(9-12-19)16(20)7-6-10-18(3,4)5/h14-15H,6-13H2,1-5H3. The molecule has 0 atom stereocenters. The monoisotopic (exact) mass is 311 g/mol. The molecule has 4 heteroatoms. The highest BCUT2D eigenvalue weighted by atomic mass is 16.5. The van der Waals surface area contributed by atoms with E-state index in [1.165, 1.54) is 0 Å². The molecule has 1 aliphatic heterocycles. The molecule has 0 unspecified atom stereocenters. The number of carbonyl (C=O) groups excluding carboxylic acids is 2. The Bertz CT molecular complexity index is 363. The maximum Gasteiger partial charge on any atom is 0.248 e. The van der Waals surface area contributed by atoms with Crippen molar-refractivity contribution >= 4 is 11.7 Å². The van der Waals surface area contributed by atoms with Crippen LogP contribution < -0.4 is 0 Å². The van der Waals surface area contributed by atoms with Crippen molar-refractivity contribution in [3.05, 3.63) is 0 Å². The third kappa shape index (κ3) is 7.39. The third-order valence-electron chi connectivity index (χ3n) is 4.19. The number of rotatable bonds is 7. The molecule has 1 fully saturated rings. The van der Waals surface area contributed by atoms with Crippen molar-refractivity contribution in [2.24, 2.45) is 11.3 Å². The van der Waals surface area contributed by atoms with E-state index in [-0.39, 0.29) is 24.5 Å². The number of carbonyl (C=O) groups is 2. The Labute approximate surface area is 135 Å². The van der Waals surface area contributed by atoms with Gasteiger partial charge in [0.05, 0.1) is 6.10 Å². The second-order valence-corrected chi connectivity index (χ2v) is 7.90. The van der Waals surface area contributed by atoms with Crippen LogP contribution in [0.15, 0.2) is 0 Å². The van der Waals surface area contributed by atoms with E-state index < -0.39 is 0 Å². The number of ether oxygens (including phenoxy) is 1. The average Bonchev–Trinajstić information content (AvgIpc) is 2.43. The van der Waals surface area contributed by atoms with Crippen LogP contribution in [-0.2, 0) is 14.3 Å². The summed E-state index contributed by atoms with van der Waals surface area (Å²) in [4.78, 5) is 26.1. The van der Waals surface area contributed by atoms with Crippen molar-refractivity contribution in [3.63, 3.8) is 0 Å². The molecule has 1 amide bonds. The topological polar surface area (TPSA) is 46.6 Å². The zero-order chi connectivity index (χ0) is 16.8. The van der Waals surface area contributed by atoms with Gasteiger partial charge in [0.25, 0.3) is 0 Å². The smallest absolute Gasteiger partial charge is 0.248 e. The normalized spacial score (nSPS) is 17.1. The number of hydrogen-bond acceptors (Lipinski definition) is 3. The van der Waals surface area contributed by atoms with E-state index >= 15 is 0 Å².